The maximum atomic E-state index is 5.98. The highest BCUT2D eigenvalue weighted by Gasteiger charge is 2.13. The quantitative estimate of drug-likeness (QED) is 0.689. The van der Waals surface area contributed by atoms with Gasteiger partial charge in [-0.3, -0.25) is 0 Å². The van der Waals surface area contributed by atoms with Crippen molar-refractivity contribution in [2.24, 2.45) is 0 Å². The van der Waals surface area contributed by atoms with Gasteiger partial charge in [0.2, 0.25) is 0 Å². The number of nitrogens with two attached hydrogens (primary N) is 1. The predicted octanol–water partition coefficient (Wildman–Crippen LogP) is 4.76. The van der Waals surface area contributed by atoms with E-state index >= 15 is 0 Å². The summed E-state index contributed by atoms with van der Waals surface area (Å²) < 4.78 is 10.5. The monoisotopic (exact) mass is 320 g/mol. The Hall–Kier alpha value is -3.14. The lowest BCUT2D eigenvalue weighted by Crippen LogP contribution is -2.10. The second-order valence-corrected chi connectivity index (χ2v) is 5.33. The number of nitrogen functional groups attached to an aromatic ring is 1. The molecule has 0 spiro atoms. The van der Waals surface area contributed by atoms with Crippen LogP contribution in [-0.2, 0) is 0 Å². The third kappa shape index (κ3) is 3.27. The lowest BCUT2D eigenvalue weighted by atomic mass is 10.1. The van der Waals surface area contributed by atoms with Crippen molar-refractivity contribution >= 4 is 22.7 Å². The maximum absolute atomic E-state index is 5.98. The van der Waals surface area contributed by atoms with Gasteiger partial charge < -0.3 is 20.1 Å². The molecule has 122 valence electrons. The van der Waals surface area contributed by atoms with E-state index in [2.05, 4.69) is 4.90 Å². The van der Waals surface area contributed by atoms with Crippen LogP contribution in [0.4, 0.5) is 22.7 Å². The molecule has 24 heavy (non-hydrogen) atoms. The average Bonchev–Trinajstić information content (AvgIpc) is 2.63. The highest BCUT2D eigenvalue weighted by Crippen LogP contribution is 2.36. The summed E-state index contributed by atoms with van der Waals surface area (Å²) in [6.07, 6.45) is 0. The van der Waals surface area contributed by atoms with E-state index in [1.807, 2.05) is 72.8 Å². The molecule has 0 aromatic heterocycles. The minimum Gasteiger partial charge on any atom is -0.497 e. The molecule has 0 saturated heterocycles. The van der Waals surface area contributed by atoms with Gasteiger partial charge in [-0.05, 0) is 66.7 Å². The minimum absolute atomic E-state index is 0.722. The van der Waals surface area contributed by atoms with Crippen LogP contribution in [0.2, 0.25) is 0 Å². The van der Waals surface area contributed by atoms with Gasteiger partial charge in [0.15, 0.2) is 0 Å². The molecule has 3 aromatic rings. The third-order valence-corrected chi connectivity index (χ3v) is 3.79. The van der Waals surface area contributed by atoms with Crippen molar-refractivity contribution in [1.82, 2.24) is 0 Å². The first-order valence-corrected chi connectivity index (χ1v) is 7.65. The molecule has 0 fully saturated rings. The topological polar surface area (TPSA) is 47.7 Å². The summed E-state index contributed by atoms with van der Waals surface area (Å²) in [5.41, 5.74) is 9.73. The van der Waals surface area contributed by atoms with Crippen LogP contribution in [0.15, 0.2) is 72.8 Å². The second kappa shape index (κ2) is 6.96. The molecule has 0 aliphatic rings. The van der Waals surface area contributed by atoms with Crippen LogP contribution < -0.4 is 20.1 Å². The lowest BCUT2D eigenvalue weighted by molar-refractivity contribution is 0.415. The summed E-state index contributed by atoms with van der Waals surface area (Å²) in [7, 11) is 3.32. The number of rotatable bonds is 5. The number of hydrogen-bond acceptors (Lipinski definition) is 4. The SMILES string of the molecule is COc1ccc(N(c2ccc(OC)cc2)c2cccc(N)c2)cc1. The average molecular weight is 320 g/mol. The summed E-state index contributed by atoms with van der Waals surface area (Å²) >= 11 is 0. The molecule has 0 atom stereocenters. The molecule has 0 aliphatic heterocycles. The van der Waals surface area contributed by atoms with E-state index in [4.69, 9.17) is 15.2 Å². The summed E-state index contributed by atoms with van der Waals surface area (Å²) in [6, 6.07) is 23.7. The zero-order valence-corrected chi connectivity index (χ0v) is 13.8. The Morgan fingerprint density at radius 1 is 0.667 bits per heavy atom. The van der Waals surface area contributed by atoms with E-state index in [1.54, 1.807) is 14.2 Å². The maximum Gasteiger partial charge on any atom is 0.119 e. The minimum atomic E-state index is 0.722. The van der Waals surface area contributed by atoms with Gasteiger partial charge in [-0.2, -0.15) is 0 Å². The Labute approximate surface area is 142 Å². The van der Waals surface area contributed by atoms with Crippen molar-refractivity contribution in [2.45, 2.75) is 0 Å². The molecule has 3 aromatic carbocycles. The highest BCUT2D eigenvalue weighted by atomic mass is 16.5. The van der Waals surface area contributed by atoms with Crippen molar-refractivity contribution in [3.63, 3.8) is 0 Å². The van der Waals surface area contributed by atoms with Crippen molar-refractivity contribution in [1.29, 1.82) is 0 Å². The molecule has 0 saturated carbocycles. The molecule has 4 nitrogen and oxygen atoms in total. The highest BCUT2D eigenvalue weighted by molar-refractivity contribution is 5.78. The number of nitrogens with zero attached hydrogens (tertiary/aromatic N) is 1. The first-order valence-electron chi connectivity index (χ1n) is 7.65. The Bertz CT molecular complexity index is 751. The van der Waals surface area contributed by atoms with Gasteiger partial charge >= 0.3 is 0 Å². The fourth-order valence-electron chi connectivity index (χ4n) is 2.57. The lowest BCUT2D eigenvalue weighted by Gasteiger charge is -2.26. The van der Waals surface area contributed by atoms with Gasteiger partial charge in [-0.25, -0.2) is 0 Å². The molecule has 4 heteroatoms. The van der Waals surface area contributed by atoms with E-state index in [0.29, 0.717) is 0 Å². The second-order valence-electron chi connectivity index (χ2n) is 5.33. The summed E-state index contributed by atoms with van der Waals surface area (Å²) in [5, 5.41) is 0. The Balaban J connectivity index is 2.08. The van der Waals surface area contributed by atoms with E-state index in [-0.39, 0.29) is 0 Å². The first kappa shape index (κ1) is 15.7. The van der Waals surface area contributed by atoms with E-state index in [1.165, 1.54) is 0 Å². The van der Waals surface area contributed by atoms with Crippen molar-refractivity contribution in [2.75, 3.05) is 24.9 Å². The van der Waals surface area contributed by atoms with Gasteiger partial charge in [-0.1, -0.05) is 6.07 Å². The molecule has 0 aliphatic carbocycles. The van der Waals surface area contributed by atoms with E-state index < -0.39 is 0 Å². The van der Waals surface area contributed by atoms with Crippen LogP contribution in [0.1, 0.15) is 0 Å². The largest absolute Gasteiger partial charge is 0.497 e. The zero-order valence-electron chi connectivity index (χ0n) is 13.8. The summed E-state index contributed by atoms with van der Waals surface area (Å²) in [6.45, 7) is 0. The number of hydrogen-bond donors (Lipinski definition) is 1. The standard InChI is InChI=1S/C20H20N2O2/c1-23-19-10-6-16(7-11-19)22(18-5-3-4-15(21)14-18)17-8-12-20(24-2)13-9-17/h3-14H,21H2,1-2H3. The molecule has 2 N–H and O–H groups in total. The smallest absolute Gasteiger partial charge is 0.119 e. The molecule has 0 radical (unpaired) electrons. The van der Waals surface area contributed by atoms with Crippen molar-refractivity contribution in [3.05, 3.63) is 72.8 Å². The van der Waals surface area contributed by atoms with Gasteiger partial charge in [0.1, 0.15) is 11.5 Å². The zero-order chi connectivity index (χ0) is 16.9. The fraction of sp³-hybridized carbons (Fsp3) is 0.100. The Kier molecular flexibility index (Phi) is 4.57. The molecule has 3 rings (SSSR count). The van der Waals surface area contributed by atoms with Gasteiger partial charge in [0.05, 0.1) is 14.2 Å². The van der Waals surface area contributed by atoms with Crippen LogP contribution >= 0.6 is 0 Å². The Morgan fingerprint density at radius 2 is 1.17 bits per heavy atom. The predicted molar refractivity (Wildman–Crippen MR) is 98.6 cm³/mol. The summed E-state index contributed by atoms with van der Waals surface area (Å²) in [5.74, 6) is 1.64. The fourth-order valence-corrected chi connectivity index (χ4v) is 2.57. The van der Waals surface area contributed by atoms with Crippen LogP contribution in [0.3, 0.4) is 0 Å². The molecular formula is C20H20N2O2. The molecule has 0 unspecified atom stereocenters. The van der Waals surface area contributed by atoms with Crippen LogP contribution in [-0.4, -0.2) is 14.2 Å². The normalized spacial score (nSPS) is 10.2. The van der Waals surface area contributed by atoms with Crippen LogP contribution in [0.5, 0.6) is 11.5 Å². The van der Waals surface area contributed by atoms with Crippen LogP contribution in [0, 0.1) is 0 Å². The van der Waals surface area contributed by atoms with Crippen molar-refractivity contribution < 1.29 is 9.47 Å². The van der Waals surface area contributed by atoms with Gasteiger partial charge in [-0.15, -0.1) is 0 Å². The van der Waals surface area contributed by atoms with E-state index in [9.17, 15) is 0 Å². The molecule has 0 heterocycles. The van der Waals surface area contributed by atoms with Crippen LogP contribution in [0.25, 0.3) is 0 Å². The molecule has 0 amide bonds. The Morgan fingerprint density at radius 3 is 1.58 bits per heavy atom. The number of anilines is 4. The van der Waals surface area contributed by atoms with E-state index in [0.717, 1.165) is 34.2 Å². The van der Waals surface area contributed by atoms with Crippen molar-refractivity contribution in [3.8, 4) is 11.5 Å². The van der Waals surface area contributed by atoms with Gasteiger partial charge in [0.25, 0.3) is 0 Å². The number of benzene rings is 3. The number of ether oxygens (including phenoxy) is 2. The molecular weight excluding hydrogens is 300 g/mol. The molecule has 0 bridgehead atoms. The first-order chi connectivity index (χ1) is 11.7. The third-order valence-electron chi connectivity index (χ3n) is 3.79. The van der Waals surface area contributed by atoms with Gasteiger partial charge in [0, 0.05) is 22.7 Å². The number of methoxy groups -OCH3 is 2. The summed E-state index contributed by atoms with van der Waals surface area (Å²) in [4.78, 5) is 2.13.